The number of benzene rings is 3. The molecule has 1 unspecified atom stereocenters. The van der Waals surface area contributed by atoms with Gasteiger partial charge in [0.15, 0.2) is 0 Å². The van der Waals surface area contributed by atoms with Gasteiger partial charge in [0.25, 0.3) is 0 Å². The van der Waals surface area contributed by atoms with Gasteiger partial charge < -0.3 is 10.0 Å². The molecule has 1 aliphatic rings. The highest BCUT2D eigenvalue weighted by Gasteiger charge is 2.35. The van der Waals surface area contributed by atoms with E-state index in [0.29, 0.717) is 17.8 Å². The van der Waals surface area contributed by atoms with Crippen molar-refractivity contribution in [3.8, 4) is 0 Å². The van der Waals surface area contributed by atoms with Crippen LogP contribution in [0.25, 0.3) is 10.8 Å². The Morgan fingerprint density at radius 1 is 1.20 bits per heavy atom. The van der Waals surface area contributed by atoms with Crippen molar-refractivity contribution in [1.29, 1.82) is 0 Å². The van der Waals surface area contributed by atoms with Gasteiger partial charge in [0.1, 0.15) is 11.9 Å². The summed E-state index contributed by atoms with van der Waals surface area (Å²) in [6, 6.07) is 16.1. The first-order valence-electron chi connectivity index (χ1n) is 7.98. The van der Waals surface area contributed by atoms with Crippen LogP contribution in [0.2, 0.25) is 5.02 Å². The molecule has 0 aromatic heterocycles. The molecule has 3 aromatic rings. The Balaban J connectivity index is 1.80. The van der Waals surface area contributed by atoms with E-state index < -0.39 is 17.8 Å². The molecule has 3 aromatic carbocycles. The summed E-state index contributed by atoms with van der Waals surface area (Å²) >= 11 is 5.93. The lowest BCUT2D eigenvalue weighted by atomic mass is 10.0. The first-order chi connectivity index (χ1) is 12.0. The number of fused-ring (bicyclic) bond motifs is 2. The van der Waals surface area contributed by atoms with Crippen LogP contribution in [0.15, 0.2) is 54.6 Å². The van der Waals surface area contributed by atoms with E-state index in [1.807, 2.05) is 42.5 Å². The minimum atomic E-state index is -0.923. The first kappa shape index (κ1) is 15.9. The number of nitrogens with zero attached hydrogens (tertiary/aromatic N) is 1. The van der Waals surface area contributed by atoms with Crippen molar-refractivity contribution >= 4 is 34.0 Å². The predicted molar refractivity (Wildman–Crippen MR) is 96.7 cm³/mol. The molecule has 0 bridgehead atoms. The van der Waals surface area contributed by atoms with Gasteiger partial charge in [-0.15, -0.1) is 0 Å². The van der Waals surface area contributed by atoms with Gasteiger partial charge >= 0.3 is 5.97 Å². The Bertz CT molecular complexity index is 983. The lowest BCUT2D eigenvalue weighted by molar-refractivity contribution is -0.138. The number of hydrogen-bond donors (Lipinski definition) is 1. The van der Waals surface area contributed by atoms with Crippen LogP contribution in [-0.4, -0.2) is 17.1 Å². The molecule has 1 aliphatic heterocycles. The topological polar surface area (TPSA) is 40.5 Å². The molecule has 0 saturated carbocycles. The largest absolute Gasteiger partial charge is 0.480 e. The van der Waals surface area contributed by atoms with Gasteiger partial charge in [-0.3, -0.25) is 0 Å². The minimum absolute atomic E-state index is 0.00714. The highest BCUT2D eigenvalue weighted by molar-refractivity contribution is 6.31. The lowest BCUT2D eigenvalue weighted by Gasteiger charge is -2.25. The number of hydrogen-bond acceptors (Lipinski definition) is 2. The maximum absolute atomic E-state index is 13.8. The van der Waals surface area contributed by atoms with Crippen molar-refractivity contribution in [3.63, 3.8) is 0 Å². The Hall–Kier alpha value is -2.59. The number of carbonyl (C=O) groups is 1. The van der Waals surface area contributed by atoms with E-state index >= 15 is 0 Å². The third-order valence-corrected chi connectivity index (χ3v) is 5.02. The summed E-state index contributed by atoms with van der Waals surface area (Å²) in [4.78, 5) is 13.5. The molecule has 0 radical (unpaired) electrons. The highest BCUT2D eigenvalue weighted by Crippen LogP contribution is 2.37. The molecule has 25 heavy (non-hydrogen) atoms. The van der Waals surface area contributed by atoms with Crippen molar-refractivity contribution in [2.24, 2.45) is 0 Å². The average Bonchev–Trinajstić information content (AvgIpc) is 2.94. The normalized spacial score (nSPS) is 16.2. The van der Waals surface area contributed by atoms with Gasteiger partial charge in [-0.1, -0.05) is 54.1 Å². The predicted octanol–water partition coefficient (Wildman–Crippen LogP) is 4.65. The molecule has 1 atom stereocenters. The summed E-state index contributed by atoms with van der Waals surface area (Å²) in [5.74, 6) is -1.44. The average molecular weight is 356 g/mol. The van der Waals surface area contributed by atoms with Crippen LogP contribution in [0.5, 0.6) is 0 Å². The van der Waals surface area contributed by atoms with Gasteiger partial charge in [-0.2, -0.15) is 0 Å². The zero-order valence-corrected chi connectivity index (χ0v) is 14.0. The standard InChI is InChI=1S/C20H15ClFNO2/c21-16-10-18-14(8-17(16)22)9-19(20(24)25)23(18)11-13-6-3-5-12-4-1-2-7-15(12)13/h1-8,10,19H,9,11H2,(H,24,25). The van der Waals surface area contributed by atoms with Crippen LogP contribution >= 0.6 is 11.6 Å². The molecular formula is C20H15ClFNO2. The summed E-state index contributed by atoms with van der Waals surface area (Å²) in [7, 11) is 0. The Labute approximate surface area is 149 Å². The van der Waals surface area contributed by atoms with Gasteiger partial charge in [0.2, 0.25) is 0 Å². The van der Waals surface area contributed by atoms with E-state index in [0.717, 1.165) is 16.3 Å². The molecule has 0 fully saturated rings. The molecule has 1 N–H and O–H groups in total. The maximum Gasteiger partial charge on any atom is 0.326 e. The van der Waals surface area contributed by atoms with Gasteiger partial charge in [0, 0.05) is 18.7 Å². The van der Waals surface area contributed by atoms with E-state index in [1.165, 1.54) is 12.1 Å². The van der Waals surface area contributed by atoms with E-state index in [4.69, 9.17) is 11.6 Å². The minimum Gasteiger partial charge on any atom is -0.480 e. The smallest absolute Gasteiger partial charge is 0.326 e. The molecule has 0 aliphatic carbocycles. The second-order valence-electron chi connectivity index (χ2n) is 6.22. The SMILES string of the molecule is O=C(O)C1Cc2cc(F)c(Cl)cc2N1Cc1cccc2ccccc12. The molecular weight excluding hydrogens is 341 g/mol. The zero-order valence-electron chi connectivity index (χ0n) is 13.2. The molecule has 0 saturated heterocycles. The molecule has 3 nitrogen and oxygen atoms in total. The fourth-order valence-corrected chi connectivity index (χ4v) is 3.68. The number of carboxylic acid groups (broad SMARTS) is 1. The molecule has 0 amide bonds. The van der Waals surface area contributed by atoms with Crippen molar-refractivity contribution in [3.05, 3.63) is 76.6 Å². The number of halogens is 2. The lowest BCUT2D eigenvalue weighted by Crippen LogP contribution is -2.38. The summed E-state index contributed by atoms with van der Waals surface area (Å²) in [6.07, 6.45) is 0.267. The Kier molecular flexibility index (Phi) is 3.85. The molecule has 0 spiro atoms. The van der Waals surface area contributed by atoms with Crippen molar-refractivity contribution in [1.82, 2.24) is 0 Å². The van der Waals surface area contributed by atoms with E-state index in [1.54, 1.807) is 4.90 Å². The quantitative estimate of drug-likeness (QED) is 0.743. The summed E-state index contributed by atoms with van der Waals surface area (Å²) in [5, 5.41) is 11.8. The van der Waals surface area contributed by atoms with E-state index in [-0.39, 0.29) is 11.4 Å². The van der Waals surface area contributed by atoms with Crippen LogP contribution in [-0.2, 0) is 17.8 Å². The molecule has 5 heteroatoms. The number of carboxylic acids is 1. The highest BCUT2D eigenvalue weighted by atomic mass is 35.5. The molecule has 4 rings (SSSR count). The van der Waals surface area contributed by atoms with Gasteiger partial charge in [-0.25, -0.2) is 9.18 Å². The Morgan fingerprint density at radius 2 is 1.96 bits per heavy atom. The van der Waals surface area contributed by atoms with Crippen molar-refractivity contribution in [2.75, 3.05) is 4.90 Å². The third-order valence-electron chi connectivity index (χ3n) is 4.73. The van der Waals surface area contributed by atoms with Crippen molar-refractivity contribution in [2.45, 2.75) is 19.0 Å². The summed E-state index contributed by atoms with van der Waals surface area (Å²) in [5.41, 5.74) is 2.39. The summed E-state index contributed by atoms with van der Waals surface area (Å²) < 4.78 is 13.8. The molecule has 1 heterocycles. The van der Waals surface area contributed by atoms with Crippen molar-refractivity contribution < 1.29 is 14.3 Å². The first-order valence-corrected chi connectivity index (χ1v) is 8.36. The van der Waals surface area contributed by atoms with Crippen LogP contribution in [0.4, 0.5) is 10.1 Å². The number of anilines is 1. The maximum atomic E-state index is 13.8. The van der Waals surface area contributed by atoms with E-state index in [2.05, 4.69) is 0 Å². The Morgan fingerprint density at radius 3 is 2.76 bits per heavy atom. The van der Waals surface area contributed by atoms with Crippen LogP contribution < -0.4 is 4.90 Å². The third kappa shape index (κ3) is 2.72. The van der Waals surface area contributed by atoms with Gasteiger partial charge in [0.05, 0.1) is 5.02 Å². The fourth-order valence-electron chi connectivity index (χ4n) is 3.52. The number of aliphatic carboxylic acids is 1. The fraction of sp³-hybridized carbons (Fsp3) is 0.150. The number of rotatable bonds is 3. The second-order valence-corrected chi connectivity index (χ2v) is 6.63. The zero-order chi connectivity index (χ0) is 17.6. The monoisotopic (exact) mass is 355 g/mol. The van der Waals surface area contributed by atoms with Crippen LogP contribution in [0, 0.1) is 5.82 Å². The van der Waals surface area contributed by atoms with Crippen LogP contribution in [0.1, 0.15) is 11.1 Å². The summed E-state index contributed by atoms with van der Waals surface area (Å²) in [6.45, 7) is 0.424. The van der Waals surface area contributed by atoms with Crippen LogP contribution in [0.3, 0.4) is 0 Å². The molecule has 126 valence electrons. The second kappa shape index (κ2) is 6.05. The van der Waals surface area contributed by atoms with Gasteiger partial charge in [-0.05, 0) is 34.0 Å². The van der Waals surface area contributed by atoms with E-state index in [9.17, 15) is 14.3 Å².